The molecule has 1 nitrogen and oxygen atoms in total. The van der Waals surface area contributed by atoms with Crippen LogP contribution in [-0.4, -0.2) is 19.0 Å². The van der Waals surface area contributed by atoms with Crippen LogP contribution in [0.4, 0.5) is 0 Å². The van der Waals surface area contributed by atoms with E-state index in [1.165, 1.54) is 77.0 Å². The van der Waals surface area contributed by atoms with E-state index in [9.17, 15) is 0 Å². The van der Waals surface area contributed by atoms with E-state index in [0.29, 0.717) is 11.3 Å². The Morgan fingerprint density at radius 3 is 2.23 bits per heavy atom. The summed E-state index contributed by atoms with van der Waals surface area (Å²) in [5.41, 5.74) is 0. The molecule has 0 heterocycles. The average molecular weight is 326 g/mol. The van der Waals surface area contributed by atoms with Crippen LogP contribution in [-0.2, 0) is 0 Å². The summed E-state index contributed by atoms with van der Waals surface area (Å²) in [5.74, 6) is 4.47. The molecule has 1 N–H and O–H groups in total. The van der Waals surface area contributed by atoms with E-state index in [0.717, 1.165) is 30.2 Å². The largest absolute Gasteiger partial charge is 0.319 e. The first kappa shape index (κ1) is 17.1. The molecular weight excluding hydrogens is 290 g/mol. The first-order chi connectivity index (χ1) is 10.8. The van der Waals surface area contributed by atoms with Crippen LogP contribution in [0.2, 0.25) is 0 Å². The van der Waals surface area contributed by atoms with Gasteiger partial charge in [0.1, 0.15) is 0 Å². The summed E-state index contributed by atoms with van der Waals surface area (Å²) in [7, 11) is 2.11. The third kappa shape index (κ3) is 4.01. The molecule has 0 radical (unpaired) electrons. The van der Waals surface area contributed by atoms with E-state index in [1.54, 1.807) is 0 Å². The Bertz CT molecular complexity index is 326. The van der Waals surface area contributed by atoms with E-state index in [-0.39, 0.29) is 0 Å². The predicted octanol–water partition coefficient (Wildman–Crippen LogP) is 5.62. The van der Waals surface area contributed by atoms with Crippen molar-refractivity contribution in [1.29, 1.82) is 0 Å². The molecule has 3 saturated carbocycles. The normalized spacial score (nSPS) is 36.5. The minimum absolute atomic E-state index is 0.415. The zero-order valence-electron chi connectivity index (χ0n) is 14.5. The van der Waals surface area contributed by atoms with Gasteiger partial charge in [-0.15, -0.1) is 11.6 Å². The van der Waals surface area contributed by atoms with Crippen molar-refractivity contribution in [3.63, 3.8) is 0 Å². The van der Waals surface area contributed by atoms with E-state index >= 15 is 0 Å². The van der Waals surface area contributed by atoms with E-state index in [4.69, 9.17) is 11.6 Å². The second-order valence-electron chi connectivity index (χ2n) is 8.44. The van der Waals surface area contributed by atoms with Gasteiger partial charge in [-0.25, -0.2) is 0 Å². The van der Waals surface area contributed by atoms with Crippen LogP contribution in [0.1, 0.15) is 77.0 Å². The molecule has 3 rings (SSSR count). The third-order valence-corrected chi connectivity index (χ3v) is 7.81. The summed E-state index contributed by atoms with van der Waals surface area (Å²) in [4.78, 5) is 0. The Kier molecular flexibility index (Phi) is 6.51. The fourth-order valence-corrected chi connectivity index (χ4v) is 6.42. The smallest absolute Gasteiger partial charge is 0.0407 e. The van der Waals surface area contributed by atoms with Gasteiger partial charge in [-0.3, -0.25) is 0 Å². The highest BCUT2D eigenvalue weighted by Crippen LogP contribution is 2.47. The SMILES string of the molecule is CNC[C@H](C1CCC2CCCCC2C1)[C@H](Cl)C1CCCCC1. The monoisotopic (exact) mass is 325 g/mol. The van der Waals surface area contributed by atoms with Gasteiger partial charge in [-0.05, 0) is 75.3 Å². The molecule has 3 aliphatic rings. The Balaban J connectivity index is 1.62. The molecule has 3 unspecified atom stereocenters. The van der Waals surface area contributed by atoms with Crippen LogP contribution >= 0.6 is 11.6 Å². The van der Waals surface area contributed by atoms with Crippen LogP contribution in [0.25, 0.3) is 0 Å². The average Bonchev–Trinajstić information content (AvgIpc) is 2.59. The topological polar surface area (TPSA) is 12.0 Å². The van der Waals surface area contributed by atoms with Gasteiger partial charge in [0.15, 0.2) is 0 Å². The number of alkyl halides is 1. The van der Waals surface area contributed by atoms with Gasteiger partial charge in [-0.2, -0.15) is 0 Å². The van der Waals surface area contributed by atoms with Gasteiger partial charge in [0.25, 0.3) is 0 Å². The minimum atomic E-state index is 0.415. The van der Waals surface area contributed by atoms with Crippen LogP contribution in [0, 0.1) is 29.6 Å². The maximum Gasteiger partial charge on any atom is 0.0407 e. The molecule has 3 aliphatic carbocycles. The lowest BCUT2D eigenvalue weighted by molar-refractivity contribution is 0.0890. The molecule has 0 bridgehead atoms. The molecule has 0 saturated heterocycles. The summed E-state index contributed by atoms with van der Waals surface area (Å²) in [5, 5.41) is 3.89. The molecule has 0 aromatic heterocycles. The van der Waals surface area contributed by atoms with Crippen LogP contribution in [0.3, 0.4) is 0 Å². The molecule has 5 atom stereocenters. The van der Waals surface area contributed by atoms with Gasteiger partial charge in [0, 0.05) is 5.38 Å². The van der Waals surface area contributed by atoms with Crippen molar-refractivity contribution in [2.75, 3.05) is 13.6 Å². The molecule has 0 aromatic carbocycles. The van der Waals surface area contributed by atoms with Crippen molar-refractivity contribution >= 4 is 11.6 Å². The Morgan fingerprint density at radius 1 is 0.818 bits per heavy atom. The number of rotatable bonds is 5. The Hall–Kier alpha value is 0.250. The molecule has 3 fully saturated rings. The molecule has 128 valence electrons. The first-order valence-electron chi connectivity index (χ1n) is 10.1. The maximum absolute atomic E-state index is 7.07. The molecule has 22 heavy (non-hydrogen) atoms. The number of halogens is 1. The van der Waals surface area contributed by atoms with Gasteiger partial charge in [-0.1, -0.05) is 44.9 Å². The van der Waals surface area contributed by atoms with Crippen LogP contribution in [0.15, 0.2) is 0 Å². The number of nitrogens with one attached hydrogen (secondary N) is 1. The molecule has 2 heteroatoms. The first-order valence-corrected chi connectivity index (χ1v) is 10.5. The molecule has 0 spiro atoms. The molecule has 0 aromatic rings. The van der Waals surface area contributed by atoms with Crippen molar-refractivity contribution in [3.05, 3.63) is 0 Å². The summed E-state index contributed by atoms with van der Waals surface area (Å²) >= 11 is 7.07. The standard InChI is InChI=1S/C20H36ClN/c1-22-14-19(20(21)16-8-3-2-4-9-16)18-12-11-15-7-5-6-10-17(15)13-18/h15-20,22H,2-14H2,1H3/t15?,17?,18?,19-,20-/m1/s1. The van der Waals surface area contributed by atoms with Crippen molar-refractivity contribution in [2.45, 2.75) is 82.4 Å². The fraction of sp³-hybridized carbons (Fsp3) is 1.00. The van der Waals surface area contributed by atoms with Gasteiger partial charge >= 0.3 is 0 Å². The Labute approximate surface area is 143 Å². The highest BCUT2D eigenvalue weighted by Gasteiger charge is 2.39. The summed E-state index contributed by atoms with van der Waals surface area (Å²) < 4.78 is 0. The number of hydrogen-bond donors (Lipinski definition) is 1. The second-order valence-corrected chi connectivity index (χ2v) is 8.95. The van der Waals surface area contributed by atoms with Crippen LogP contribution in [0.5, 0.6) is 0 Å². The number of hydrogen-bond acceptors (Lipinski definition) is 1. The van der Waals surface area contributed by atoms with E-state index < -0.39 is 0 Å². The highest BCUT2D eigenvalue weighted by molar-refractivity contribution is 6.21. The lowest BCUT2D eigenvalue weighted by atomic mass is 9.63. The molecule has 0 aliphatic heterocycles. The zero-order valence-corrected chi connectivity index (χ0v) is 15.3. The summed E-state index contributed by atoms with van der Waals surface area (Å²) in [6.07, 6.45) is 17.4. The van der Waals surface area contributed by atoms with Gasteiger partial charge in [0.05, 0.1) is 0 Å². The fourth-order valence-electron chi connectivity index (χ4n) is 5.88. The second kappa shape index (κ2) is 8.38. The van der Waals surface area contributed by atoms with E-state index in [1.807, 2.05) is 0 Å². The quantitative estimate of drug-likeness (QED) is 0.647. The molecule has 0 amide bonds. The van der Waals surface area contributed by atoms with Gasteiger partial charge < -0.3 is 5.32 Å². The van der Waals surface area contributed by atoms with Gasteiger partial charge in [0.2, 0.25) is 0 Å². The van der Waals surface area contributed by atoms with Crippen molar-refractivity contribution in [1.82, 2.24) is 5.32 Å². The van der Waals surface area contributed by atoms with Crippen LogP contribution < -0.4 is 5.32 Å². The van der Waals surface area contributed by atoms with Crippen molar-refractivity contribution in [3.8, 4) is 0 Å². The Morgan fingerprint density at radius 2 is 1.50 bits per heavy atom. The molecular formula is C20H36ClN. The third-order valence-electron chi connectivity index (χ3n) is 7.13. The number of fused-ring (bicyclic) bond motifs is 1. The predicted molar refractivity (Wildman–Crippen MR) is 96.4 cm³/mol. The maximum atomic E-state index is 7.07. The van der Waals surface area contributed by atoms with Crippen molar-refractivity contribution in [2.24, 2.45) is 29.6 Å². The minimum Gasteiger partial charge on any atom is -0.319 e. The lowest BCUT2D eigenvalue weighted by Crippen LogP contribution is -2.41. The summed E-state index contributed by atoms with van der Waals surface area (Å²) in [6, 6.07) is 0. The summed E-state index contributed by atoms with van der Waals surface area (Å²) in [6.45, 7) is 1.13. The lowest BCUT2D eigenvalue weighted by Gasteiger charge is -2.44. The van der Waals surface area contributed by atoms with Crippen molar-refractivity contribution < 1.29 is 0 Å². The highest BCUT2D eigenvalue weighted by atomic mass is 35.5. The van der Waals surface area contributed by atoms with E-state index in [2.05, 4.69) is 12.4 Å². The zero-order chi connectivity index (χ0) is 15.4.